The van der Waals surface area contributed by atoms with E-state index in [4.69, 9.17) is 27.9 Å². The third-order valence-corrected chi connectivity index (χ3v) is 4.02. The Balaban J connectivity index is 1.88. The molecule has 0 unspecified atom stereocenters. The highest BCUT2D eigenvalue weighted by Gasteiger charge is 2.16. The van der Waals surface area contributed by atoms with Crippen LogP contribution in [0.2, 0.25) is 10.0 Å². The Labute approximate surface area is 148 Å². The minimum atomic E-state index is -0.467. The van der Waals surface area contributed by atoms with Crippen molar-refractivity contribution in [2.24, 2.45) is 7.05 Å². The molecular formula is C16H14Cl2N4O2. The second-order valence-corrected chi connectivity index (χ2v) is 5.87. The molecule has 3 aromatic rings. The van der Waals surface area contributed by atoms with Crippen LogP contribution in [0.15, 0.2) is 36.4 Å². The molecule has 8 heteroatoms. The number of hydrogen-bond acceptors (Lipinski definition) is 3. The maximum atomic E-state index is 12.3. The number of amides is 2. The molecule has 1 heterocycles. The fourth-order valence-corrected chi connectivity index (χ4v) is 2.85. The summed E-state index contributed by atoms with van der Waals surface area (Å²) >= 11 is 11.9. The smallest absolute Gasteiger partial charge is 0.324 e. The Morgan fingerprint density at radius 1 is 1.21 bits per heavy atom. The Bertz CT molecular complexity index is 924. The average Bonchev–Trinajstić information content (AvgIpc) is 2.86. The van der Waals surface area contributed by atoms with Crippen LogP contribution in [-0.2, 0) is 7.05 Å². The molecule has 0 fully saturated rings. The van der Waals surface area contributed by atoms with Gasteiger partial charge in [-0.3, -0.25) is 10.00 Å². The molecule has 1 aromatic heterocycles. The van der Waals surface area contributed by atoms with Gasteiger partial charge in [-0.05, 0) is 30.3 Å². The van der Waals surface area contributed by atoms with Gasteiger partial charge in [0.2, 0.25) is 0 Å². The first-order valence-electron chi connectivity index (χ1n) is 7.02. The Hall–Kier alpha value is -2.44. The van der Waals surface area contributed by atoms with Crippen molar-refractivity contribution in [3.8, 4) is 5.75 Å². The number of aryl methyl sites for hydroxylation is 1. The van der Waals surface area contributed by atoms with Gasteiger partial charge in [0, 0.05) is 12.1 Å². The lowest BCUT2D eigenvalue weighted by molar-refractivity contribution is 0.262. The molecule has 3 rings (SSSR count). The van der Waals surface area contributed by atoms with Crippen LogP contribution in [0, 0.1) is 0 Å². The number of carbonyl (C=O) groups excluding carboxylic acids is 1. The SMILES string of the molecule is COc1cccc2c1c(NC(=O)Nc1ccc(Cl)cc1Cl)nn2C. The highest BCUT2D eigenvalue weighted by Crippen LogP contribution is 2.32. The lowest BCUT2D eigenvalue weighted by atomic mass is 10.2. The molecule has 0 aliphatic rings. The normalized spacial score (nSPS) is 10.7. The molecule has 0 aliphatic heterocycles. The number of methoxy groups -OCH3 is 1. The quantitative estimate of drug-likeness (QED) is 0.716. The molecule has 6 nitrogen and oxygen atoms in total. The largest absolute Gasteiger partial charge is 0.496 e. The van der Waals surface area contributed by atoms with E-state index < -0.39 is 6.03 Å². The topological polar surface area (TPSA) is 68.2 Å². The van der Waals surface area contributed by atoms with Crippen LogP contribution in [-0.4, -0.2) is 22.9 Å². The number of nitrogens with zero attached hydrogens (tertiary/aromatic N) is 2. The number of carbonyl (C=O) groups is 1. The van der Waals surface area contributed by atoms with Gasteiger partial charge in [-0.1, -0.05) is 29.3 Å². The zero-order valence-corrected chi connectivity index (χ0v) is 14.4. The van der Waals surface area contributed by atoms with Crippen molar-refractivity contribution in [2.75, 3.05) is 17.7 Å². The molecule has 24 heavy (non-hydrogen) atoms. The number of anilines is 2. The first-order chi connectivity index (χ1) is 11.5. The molecule has 0 aliphatic carbocycles. The maximum Gasteiger partial charge on any atom is 0.324 e. The van der Waals surface area contributed by atoms with E-state index in [2.05, 4.69) is 15.7 Å². The molecule has 124 valence electrons. The number of nitrogens with one attached hydrogen (secondary N) is 2. The zero-order valence-electron chi connectivity index (χ0n) is 12.9. The number of halogens is 2. The number of urea groups is 1. The van der Waals surface area contributed by atoms with Crippen LogP contribution >= 0.6 is 23.2 Å². The van der Waals surface area contributed by atoms with Crippen LogP contribution in [0.3, 0.4) is 0 Å². The third kappa shape index (κ3) is 3.11. The second-order valence-electron chi connectivity index (χ2n) is 5.03. The molecule has 2 amide bonds. The van der Waals surface area contributed by atoms with E-state index in [1.165, 1.54) is 0 Å². The Morgan fingerprint density at radius 2 is 2.00 bits per heavy atom. The molecule has 0 atom stereocenters. The van der Waals surface area contributed by atoms with Gasteiger partial charge in [0.1, 0.15) is 5.75 Å². The Kier molecular flexibility index (Phi) is 4.51. The fourth-order valence-electron chi connectivity index (χ4n) is 2.39. The number of fused-ring (bicyclic) bond motifs is 1. The molecule has 0 spiro atoms. The molecule has 0 saturated carbocycles. The minimum absolute atomic E-state index is 0.348. The van der Waals surface area contributed by atoms with Crippen LogP contribution in [0.4, 0.5) is 16.3 Å². The minimum Gasteiger partial charge on any atom is -0.496 e. The first kappa shape index (κ1) is 16.4. The third-order valence-electron chi connectivity index (χ3n) is 3.47. The van der Waals surface area contributed by atoms with Crippen LogP contribution in [0.1, 0.15) is 0 Å². The summed E-state index contributed by atoms with van der Waals surface area (Å²) in [5, 5.41) is 11.3. The monoisotopic (exact) mass is 364 g/mol. The van der Waals surface area contributed by atoms with Gasteiger partial charge in [0.15, 0.2) is 5.82 Å². The van der Waals surface area contributed by atoms with E-state index in [-0.39, 0.29) is 0 Å². The standard InChI is InChI=1S/C16H14Cl2N4O2/c1-22-12-4-3-5-13(24-2)14(12)15(21-22)20-16(23)19-11-7-6-9(17)8-10(11)18/h3-8H,1-2H3,(H2,19,20,21,23). The van der Waals surface area contributed by atoms with E-state index in [9.17, 15) is 4.79 Å². The van der Waals surface area contributed by atoms with Gasteiger partial charge >= 0.3 is 6.03 Å². The first-order valence-corrected chi connectivity index (χ1v) is 7.78. The molecule has 2 N–H and O–H groups in total. The van der Waals surface area contributed by atoms with Crippen molar-refractivity contribution in [3.63, 3.8) is 0 Å². The molecule has 0 bridgehead atoms. The molecule has 2 aromatic carbocycles. The highest BCUT2D eigenvalue weighted by atomic mass is 35.5. The van der Waals surface area contributed by atoms with Crippen molar-refractivity contribution in [1.82, 2.24) is 9.78 Å². The van der Waals surface area contributed by atoms with Gasteiger partial charge in [-0.2, -0.15) is 5.10 Å². The van der Waals surface area contributed by atoms with Crippen molar-refractivity contribution < 1.29 is 9.53 Å². The van der Waals surface area contributed by atoms with Gasteiger partial charge in [0.25, 0.3) is 0 Å². The van der Waals surface area contributed by atoms with Crippen LogP contribution in [0.5, 0.6) is 5.75 Å². The molecule has 0 radical (unpaired) electrons. The van der Waals surface area contributed by atoms with Gasteiger partial charge < -0.3 is 10.1 Å². The summed E-state index contributed by atoms with van der Waals surface area (Å²) in [6, 6.07) is 9.92. The number of aromatic nitrogens is 2. The van der Waals surface area contributed by atoms with Crippen molar-refractivity contribution in [1.29, 1.82) is 0 Å². The molecule has 0 saturated heterocycles. The van der Waals surface area contributed by atoms with Crippen molar-refractivity contribution >= 4 is 51.6 Å². The highest BCUT2D eigenvalue weighted by molar-refractivity contribution is 6.36. The number of ether oxygens (including phenoxy) is 1. The zero-order chi connectivity index (χ0) is 17.3. The Morgan fingerprint density at radius 3 is 2.71 bits per heavy atom. The van der Waals surface area contributed by atoms with Gasteiger partial charge in [-0.25, -0.2) is 4.79 Å². The van der Waals surface area contributed by atoms with Crippen LogP contribution in [0.25, 0.3) is 10.9 Å². The second kappa shape index (κ2) is 6.59. The van der Waals surface area contributed by atoms with Gasteiger partial charge in [-0.15, -0.1) is 0 Å². The van der Waals surface area contributed by atoms with Crippen molar-refractivity contribution in [2.45, 2.75) is 0 Å². The number of benzene rings is 2. The van der Waals surface area contributed by atoms with E-state index >= 15 is 0 Å². The number of rotatable bonds is 3. The summed E-state index contributed by atoms with van der Waals surface area (Å²) in [6.45, 7) is 0. The lowest BCUT2D eigenvalue weighted by Crippen LogP contribution is -2.20. The maximum absolute atomic E-state index is 12.3. The summed E-state index contributed by atoms with van der Waals surface area (Å²) in [4.78, 5) is 12.3. The van der Waals surface area contributed by atoms with Gasteiger partial charge in [0.05, 0.1) is 28.7 Å². The van der Waals surface area contributed by atoms with Crippen molar-refractivity contribution in [3.05, 3.63) is 46.4 Å². The lowest BCUT2D eigenvalue weighted by Gasteiger charge is -2.09. The van der Waals surface area contributed by atoms with Crippen LogP contribution < -0.4 is 15.4 Å². The predicted octanol–water partition coefficient (Wildman–Crippen LogP) is 4.53. The summed E-state index contributed by atoms with van der Waals surface area (Å²) in [5.41, 5.74) is 1.29. The number of hydrogen-bond donors (Lipinski definition) is 2. The summed E-state index contributed by atoms with van der Waals surface area (Å²) < 4.78 is 7.02. The van der Waals surface area contributed by atoms with E-state index in [0.29, 0.717) is 27.3 Å². The summed E-state index contributed by atoms with van der Waals surface area (Å²) in [7, 11) is 3.36. The predicted molar refractivity (Wildman–Crippen MR) is 96.4 cm³/mol. The van der Waals surface area contributed by atoms with E-state index in [1.54, 1.807) is 37.0 Å². The summed E-state index contributed by atoms with van der Waals surface area (Å²) in [6.07, 6.45) is 0. The summed E-state index contributed by atoms with van der Waals surface area (Å²) in [5.74, 6) is 1.02. The molecular weight excluding hydrogens is 351 g/mol. The van der Waals surface area contributed by atoms with E-state index in [0.717, 1.165) is 10.9 Å². The van der Waals surface area contributed by atoms with E-state index in [1.807, 2.05) is 18.2 Å². The fraction of sp³-hybridized carbons (Fsp3) is 0.125. The average molecular weight is 365 g/mol.